The lowest BCUT2D eigenvalue weighted by Crippen LogP contribution is -2.26. The average molecular weight is 302 g/mol. The number of fused-ring (bicyclic) bond motifs is 1. The maximum absolute atomic E-state index is 5.43. The lowest BCUT2D eigenvalue weighted by Gasteiger charge is -2.16. The van der Waals surface area contributed by atoms with E-state index in [1.807, 2.05) is 7.05 Å². The Morgan fingerprint density at radius 2 is 2.05 bits per heavy atom. The van der Waals surface area contributed by atoms with Crippen LogP contribution in [0, 0.1) is 5.92 Å². The lowest BCUT2D eigenvalue weighted by atomic mass is 9.94. The molecule has 2 nitrogen and oxygen atoms in total. The fraction of sp³-hybridized carbons (Fsp3) is 0.500. The number of rotatable bonds is 5. The summed E-state index contributed by atoms with van der Waals surface area (Å²) >= 11 is 5.43. The van der Waals surface area contributed by atoms with Crippen molar-refractivity contribution < 1.29 is 0 Å². The van der Waals surface area contributed by atoms with Gasteiger partial charge in [-0.25, -0.2) is 0 Å². The fourth-order valence-corrected chi connectivity index (χ4v) is 3.22. The molecule has 0 aliphatic rings. The summed E-state index contributed by atoms with van der Waals surface area (Å²) in [5.74, 6) is 0.970. The van der Waals surface area contributed by atoms with E-state index in [2.05, 4.69) is 62.1 Å². The molecular weight excluding hydrogens is 276 g/mol. The van der Waals surface area contributed by atoms with Gasteiger partial charge in [0, 0.05) is 37.1 Å². The van der Waals surface area contributed by atoms with Crippen molar-refractivity contribution in [1.29, 1.82) is 0 Å². The Balaban J connectivity index is 2.38. The van der Waals surface area contributed by atoms with Crippen LogP contribution in [-0.4, -0.2) is 16.6 Å². The topological polar surface area (TPSA) is 17.0 Å². The van der Waals surface area contributed by atoms with E-state index in [1.165, 1.54) is 22.0 Å². The van der Waals surface area contributed by atoms with Crippen molar-refractivity contribution >= 4 is 28.1 Å². The van der Waals surface area contributed by atoms with Gasteiger partial charge >= 0.3 is 0 Å². The van der Waals surface area contributed by atoms with Gasteiger partial charge in [-0.1, -0.05) is 39.1 Å². The number of nitrogens with zero attached hydrogens (tertiary/aromatic N) is 1. The van der Waals surface area contributed by atoms with Crippen molar-refractivity contribution in [3.05, 3.63) is 35.5 Å². The number of benzene rings is 1. The zero-order valence-corrected chi connectivity index (χ0v) is 14.6. The molecule has 0 aliphatic carbocycles. The number of thiocarbonyl (C=S) groups is 1. The molecule has 0 saturated carbocycles. The molecule has 3 heteroatoms. The molecule has 1 N–H and O–H groups in total. The number of nitrogens with one attached hydrogen (secondary N) is 1. The Hall–Kier alpha value is -1.35. The van der Waals surface area contributed by atoms with Crippen LogP contribution in [0.25, 0.3) is 10.9 Å². The molecule has 1 unspecified atom stereocenters. The number of aryl methyl sites for hydroxylation is 1. The van der Waals surface area contributed by atoms with Gasteiger partial charge in [0.25, 0.3) is 0 Å². The van der Waals surface area contributed by atoms with Crippen molar-refractivity contribution in [2.75, 3.05) is 7.05 Å². The number of hydrogen-bond donors (Lipinski definition) is 1. The third-order valence-corrected chi connectivity index (χ3v) is 4.84. The molecule has 1 aromatic heterocycles. The average Bonchev–Trinajstić information content (AvgIpc) is 2.81. The van der Waals surface area contributed by atoms with Crippen molar-refractivity contribution in [3.8, 4) is 0 Å². The summed E-state index contributed by atoms with van der Waals surface area (Å²) in [4.78, 5) is 0.967. The fourth-order valence-electron chi connectivity index (χ4n) is 2.97. The standard InChI is InChI=1S/C18H26N2S/c1-6-14(18(21)19-4)9-13-7-8-17-15(10-13)16(12(2)3)11-20(17)5/h7-8,10-12,14H,6,9H2,1-5H3,(H,19,21). The lowest BCUT2D eigenvalue weighted by molar-refractivity contribution is 0.655. The minimum atomic E-state index is 0.425. The first-order valence-electron chi connectivity index (χ1n) is 7.77. The minimum absolute atomic E-state index is 0.425. The van der Waals surface area contributed by atoms with Crippen LogP contribution in [0.3, 0.4) is 0 Å². The maximum Gasteiger partial charge on any atom is 0.0785 e. The highest BCUT2D eigenvalue weighted by Gasteiger charge is 2.14. The third-order valence-electron chi connectivity index (χ3n) is 4.30. The maximum atomic E-state index is 5.43. The summed E-state index contributed by atoms with van der Waals surface area (Å²) in [5, 5.41) is 4.52. The predicted molar refractivity (Wildman–Crippen MR) is 96.2 cm³/mol. The van der Waals surface area contributed by atoms with E-state index in [1.54, 1.807) is 0 Å². The van der Waals surface area contributed by atoms with Crippen LogP contribution in [0.1, 0.15) is 44.2 Å². The molecule has 1 heterocycles. The largest absolute Gasteiger partial charge is 0.382 e. The quantitative estimate of drug-likeness (QED) is 0.824. The normalized spacial score (nSPS) is 12.9. The molecule has 21 heavy (non-hydrogen) atoms. The molecule has 0 fully saturated rings. The Morgan fingerprint density at radius 1 is 1.33 bits per heavy atom. The van der Waals surface area contributed by atoms with Crippen molar-refractivity contribution in [2.24, 2.45) is 13.0 Å². The van der Waals surface area contributed by atoms with Gasteiger partial charge in [0.05, 0.1) is 4.99 Å². The summed E-state index contributed by atoms with van der Waals surface area (Å²) in [6, 6.07) is 6.84. The van der Waals surface area contributed by atoms with E-state index < -0.39 is 0 Å². The van der Waals surface area contributed by atoms with Gasteiger partial charge in [-0.2, -0.15) is 0 Å². The SMILES string of the molecule is CCC(Cc1ccc2c(c1)c(C(C)C)cn2C)C(=S)NC. The first-order valence-corrected chi connectivity index (χ1v) is 8.18. The van der Waals surface area contributed by atoms with E-state index in [9.17, 15) is 0 Å². The highest BCUT2D eigenvalue weighted by atomic mass is 32.1. The first kappa shape index (κ1) is 16.0. The number of hydrogen-bond acceptors (Lipinski definition) is 1. The van der Waals surface area contributed by atoms with Gasteiger partial charge in [-0.15, -0.1) is 0 Å². The summed E-state index contributed by atoms with van der Waals surface area (Å²) in [6.45, 7) is 6.72. The second kappa shape index (κ2) is 6.61. The zero-order chi connectivity index (χ0) is 15.6. The molecule has 0 saturated heterocycles. The summed E-state index contributed by atoms with van der Waals surface area (Å²) < 4.78 is 2.23. The molecule has 2 rings (SSSR count). The van der Waals surface area contributed by atoms with E-state index >= 15 is 0 Å². The van der Waals surface area contributed by atoms with Gasteiger partial charge in [0.15, 0.2) is 0 Å². The van der Waals surface area contributed by atoms with E-state index in [0.717, 1.165) is 17.8 Å². The molecule has 2 aromatic rings. The predicted octanol–water partition coefficient (Wildman–Crippen LogP) is 4.42. The van der Waals surface area contributed by atoms with Crippen LogP contribution in [0.4, 0.5) is 0 Å². The van der Waals surface area contributed by atoms with Gasteiger partial charge < -0.3 is 9.88 Å². The molecule has 0 aliphatic heterocycles. The van der Waals surface area contributed by atoms with Crippen LogP contribution in [0.2, 0.25) is 0 Å². The second-order valence-corrected chi connectivity index (χ2v) is 6.56. The summed E-state index contributed by atoms with van der Waals surface area (Å²) in [5.41, 5.74) is 4.12. The molecule has 1 atom stereocenters. The Labute approximate surface area is 133 Å². The van der Waals surface area contributed by atoms with Crippen molar-refractivity contribution in [3.63, 3.8) is 0 Å². The van der Waals surface area contributed by atoms with Crippen molar-refractivity contribution in [2.45, 2.75) is 39.5 Å². The molecular formula is C18H26N2S. The highest BCUT2D eigenvalue weighted by molar-refractivity contribution is 7.80. The van der Waals surface area contributed by atoms with Crippen LogP contribution >= 0.6 is 12.2 Å². The molecule has 114 valence electrons. The highest BCUT2D eigenvalue weighted by Crippen LogP contribution is 2.28. The van der Waals surface area contributed by atoms with Gasteiger partial charge in [0.1, 0.15) is 0 Å². The van der Waals surface area contributed by atoms with E-state index in [-0.39, 0.29) is 0 Å². The second-order valence-electron chi connectivity index (χ2n) is 6.13. The Kier molecular flexibility index (Phi) is 5.04. The monoisotopic (exact) mass is 302 g/mol. The summed E-state index contributed by atoms with van der Waals surface area (Å²) in [7, 11) is 4.04. The van der Waals surface area contributed by atoms with Gasteiger partial charge in [0.2, 0.25) is 0 Å². The van der Waals surface area contributed by atoms with Crippen LogP contribution in [0.5, 0.6) is 0 Å². The Morgan fingerprint density at radius 3 is 2.62 bits per heavy atom. The van der Waals surface area contributed by atoms with Crippen LogP contribution < -0.4 is 5.32 Å². The van der Waals surface area contributed by atoms with Gasteiger partial charge in [-0.05, 0) is 42.0 Å². The third kappa shape index (κ3) is 3.29. The molecule has 0 amide bonds. The molecule has 0 bridgehead atoms. The van der Waals surface area contributed by atoms with Gasteiger partial charge in [-0.3, -0.25) is 0 Å². The van der Waals surface area contributed by atoms with Crippen LogP contribution in [0.15, 0.2) is 24.4 Å². The van der Waals surface area contributed by atoms with Crippen molar-refractivity contribution in [1.82, 2.24) is 9.88 Å². The minimum Gasteiger partial charge on any atom is -0.382 e. The van der Waals surface area contributed by atoms with E-state index in [4.69, 9.17) is 12.2 Å². The van der Waals surface area contributed by atoms with E-state index in [0.29, 0.717) is 11.8 Å². The summed E-state index contributed by atoms with van der Waals surface area (Å²) in [6.07, 6.45) is 4.34. The van der Waals surface area contributed by atoms with Crippen LogP contribution in [-0.2, 0) is 13.5 Å². The smallest absolute Gasteiger partial charge is 0.0785 e. The molecule has 0 radical (unpaired) electrons. The molecule has 0 spiro atoms. The zero-order valence-electron chi connectivity index (χ0n) is 13.7. The number of aromatic nitrogens is 1. The first-order chi connectivity index (χ1) is 9.97. The Bertz CT molecular complexity index is 640. The molecule has 1 aromatic carbocycles.